The number of nitrogen functional groups attached to an aromatic ring is 13. The van der Waals surface area contributed by atoms with Crippen LogP contribution in [0.4, 0.5) is 91.0 Å². The van der Waals surface area contributed by atoms with Gasteiger partial charge in [-0.15, -0.1) is 0 Å². The van der Waals surface area contributed by atoms with Crippen molar-refractivity contribution in [3.63, 3.8) is 0 Å². The molecular formula is C44H46N18. The van der Waals surface area contributed by atoms with Gasteiger partial charge >= 0.3 is 0 Å². The largest absolute Gasteiger partial charge is 0.402 e. The van der Waals surface area contributed by atoms with Crippen molar-refractivity contribution in [1.82, 2.24) is 5.43 Å². The first-order valence-corrected chi connectivity index (χ1v) is 19.5. The predicted octanol–water partition coefficient (Wildman–Crippen LogP) is 4.83. The van der Waals surface area contributed by atoms with Crippen molar-refractivity contribution in [1.29, 1.82) is 0 Å². The summed E-state index contributed by atoms with van der Waals surface area (Å²) in [5.74, 6) is 0. The summed E-state index contributed by atoms with van der Waals surface area (Å²) < 4.78 is 0. The van der Waals surface area contributed by atoms with Crippen LogP contribution in [0, 0.1) is 0 Å². The highest BCUT2D eigenvalue weighted by Gasteiger charge is 2.30. The van der Waals surface area contributed by atoms with Crippen LogP contribution in [-0.4, -0.2) is 0 Å². The van der Waals surface area contributed by atoms with Gasteiger partial charge in [0.2, 0.25) is 0 Å². The van der Waals surface area contributed by atoms with Gasteiger partial charge in [-0.3, -0.25) is 16.3 Å². The third-order valence-electron chi connectivity index (χ3n) is 12.4. The van der Waals surface area contributed by atoms with E-state index in [0.29, 0.717) is 164 Å². The van der Waals surface area contributed by atoms with E-state index < -0.39 is 0 Å². The standard InChI is InChI=1S/C44H46N18/c45-13-5-19-31-20(6-13)39(56)41(58)22-8-14(7-21(32(22)31)40(57)38(19)55)59-61-43-33-23(46)1-3-25(48)35(33)44(36-26(49)4-2-24(47)34(36)43)62-60-42-17-11-29(52)27(50)9-15(17)37(54)16-10-28(51)30(53)12-18(16)42/h1-5,7,9-12,59-62H,6,8,45-58H2. The molecule has 10 rings (SSSR count). The number of nitrogens with two attached hydrogens (primary N) is 14. The molecule has 62 heavy (non-hydrogen) atoms. The summed E-state index contributed by atoms with van der Waals surface area (Å²) in [5.41, 5.74) is 117. The number of hydrogen-bond acceptors (Lipinski definition) is 18. The lowest BCUT2D eigenvalue weighted by Crippen LogP contribution is -2.26. The Morgan fingerprint density at radius 3 is 1.15 bits per heavy atom. The number of hydrogen-bond donors (Lipinski definition) is 18. The van der Waals surface area contributed by atoms with Gasteiger partial charge in [0.25, 0.3) is 0 Å². The van der Waals surface area contributed by atoms with Gasteiger partial charge < -0.3 is 85.7 Å². The summed E-state index contributed by atoms with van der Waals surface area (Å²) in [4.78, 5) is 0. The molecule has 0 aromatic heterocycles. The van der Waals surface area contributed by atoms with Gasteiger partial charge in [-0.1, -0.05) is 0 Å². The van der Waals surface area contributed by atoms with Crippen LogP contribution in [0.25, 0.3) is 66.0 Å². The van der Waals surface area contributed by atoms with Gasteiger partial charge in [0.05, 0.1) is 62.6 Å². The molecule has 0 bridgehead atoms. The van der Waals surface area contributed by atoms with E-state index in [9.17, 15) is 0 Å². The maximum Gasteiger partial charge on any atom is 0.0741 e. The Hall–Kier alpha value is -9.06. The molecule has 0 unspecified atom stereocenters. The number of benzene rings is 8. The molecule has 0 fully saturated rings. The van der Waals surface area contributed by atoms with Crippen LogP contribution >= 0.6 is 0 Å². The van der Waals surface area contributed by atoms with Crippen LogP contribution in [0.5, 0.6) is 0 Å². The quantitative estimate of drug-likeness (QED) is 0.0462. The molecule has 8 aromatic rings. The molecule has 0 heterocycles. The molecule has 2 aliphatic rings. The Morgan fingerprint density at radius 2 is 0.694 bits per heavy atom. The Bertz CT molecular complexity index is 3320. The first kappa shape index (κ1) is 37.2. The zero-order chi connectivity index (χ0) is 43.8. The molecule has 0 spiro atoms. The molecule has 0 saturated heterocycles. The fourth-order valence-electron chi connectivity index (χ4n) is 9.32. The van der Waals surface area contributed by atoms with Crippen molar-refractivity contribution in [2.45, 2.75) is 12.8 Å². The molecular weight excluding hydrogens is 781 g/mol. The van der Waals surface area contributed by atoms with Crippen LogP contribution in [0.2, 0.25) is 0 Å². The number of rotatable bonds is 6. The molecule has 0 radical (unpaired) electrons. The fourth-order valence-corrected chi connectivity index (χ4v) is 9.32. The lowest BCUT2D eigenvalue weighted by molar-refractivity contribution is 0.916. The number of hydrazine groups is 2. The third-order valence-corrected chi connectivity index (χ3v) is 12.4. The minimum absolute atomic E-state index is 0.354. The van der Waals surface area contributed by atoms with Crippen molar-refractivity contribution < 1.29 is 0 Å². The maximum atomic E-state index is 6.87. The van der Waals surface area contributed by atoms with Crippen molar-refractivity contribution in [3.8, 4) is 0 Å². The Balaban J connectivity index is 1.14. The highest BCUT2D eigenvalue weighted by Crippen LogP contribution is 2.51. The van der Waals surface area contributed by atoms with Crippen LogP contribution in [0.3, 0.4) is 0 Å². The number of fused-ring (bicyclic) bond motifs is 4. The van der Waals surface area contributed by atoms with Gasteiger partial charge in [-0.2, -0.15) is 0 Å². The van der Waals surface area contributed by atoms with Crippen molar-refractivity contribution >= 4 is 157 Å². The van der Waals surface area contributed by atoms with Crippen molar-refractivity contribution in [2.75, 3.05) is 90.8 Å². The molecule has 18 nitrogen and oxygen atoms in total. The van der Waals surface area contributed by atoms with E-state index in [4.69, 9.17) is 80.3 Å². The van der Waals surface area contributed by atoms with Gasteiger partial charge in [0, 0.05) is 107 Å². The maximum absolute atomic E-state index is 6.87. The van der Waals surface area contributed by atoms with E-state index in [1.165, 1.54) is 0 Å². The monoisotopic (exact) mass is 826 g/mol. The number of allylic oxidation sites excluding steroid dienone is 2. The second-order valence-corrected chi connectivity index (χ2v) is 16.0. The second-order valence-electron chi connectivity index (χ2n) is 16.0. The highest BCUT2D eigenvalue weighted by molar-refractivity contribution is 6.31. The van der Waals surface area contributed by atoms with Crippen LogP contribution < -0.4 is 102 Å². The smallest absolute Gasteiger partial charge is 0.0741 e. The lowest BCUT2D eigenvalue weighted by Gasteiger charge is -2.29. The van der Waals surface area contributed by atoms with E-state index in [1.54, 1.807) is 48.5 Å². The third kappa shape index (κ3) is 5.03. The normalized spacial score (nSPS) is 13.2. The van der Waals surface area contributed by atoms with Gasteiger partial charge in [-0.25, -0.2) is 0 Å². The van der Waals surface area contributed by atoms with Crippen molar-refractivity contribution in [2.24, 2.45) is 5.73 Å². The van der Waals surface area contributed by atoms with Crippen LogP contribution in [0.1, 0.15) is 22.3 Å². The summed E-state index contributed by atoms with van der Waals surface area (Å²) in [7, 11) is 0. The average molecular weight is 827 g/mol. The zero-order valence-corrected chi connectivity index (χ0v) is 33.3. The lowest BCUT2D eigenvalue weighted by atomic mass is 9.80. The first-order chi connectivity index (χ1) is 29.5. The summed E-state index contributed by atoms with van der Waals surface area (Å²) in [6, 6.07) is 13.8. The first-order valence-electron chi connectivity index (χ1n) is 19.5. The number of anilines is 16. The Labute approximate surface area is 353 Å². The molecule has 0 saturated carbocycles. The predicted molar refractivity (Wildman–Crippen MR) is 266 cm³/mol. The van der Waals surface area contributed by atoms with E-state index >= 15 is 0 Å². The summed E-state index contributed by atoms with van der Waals surface area (Å²) in [6.45, 7) is 0. The number of nitrogens with one attached hydrogen (secondary N) is 4. The minimum atomic E-state index is 0.354. The molecule has 8 aromatic carbocycles. The second kappa shape index (κ2) is 12.7. The zero-order valence-electron chi connectivity index (χ0n) is 33.3. The van der Waals surface area contributed by atoms with Gasteiger partial charge in [-0.05, 0) is 82.6 Å². The summed E-state index contributed by atoms with van der Waals surface area (Å²) in [5, 5.41) is 6.52. The Kier molecular flexibility index (Phi) is 7.64. The van der Waals surface area contributed by atoms with Gasteiger partial charge in [0.1, 0.15) is 0 Å². The molecule has 312 valence electrons. The topological polar surface area (TPSA) is 412 Å². The van der Waals surface area contributed by atoms with Gasteiger partial charge in [0.15, 0.2) is 0 Å². The minimum Gasteiger partial charge on any atom is -0.402 e. The van der Waals surface area contributed by atoms with Crippen molar-refractivity contribution in [3.05, 3.63) is 82.2 Å². The Morgan fingerprint density at radius 1 is 0.323 bits per heavy atom. The SMILES string of the molecule is NC1=Cc2c(N)c(N)c3c4c(c(N)c(N)c(c24)C1)CC(NNc1c2c(N)ccc(N)c2c(NNc2c4cc(N)c(N)cc4c(N)c4cc(N)c(N)cc24)c2c(N)ccc(N)c12)=C3. The average Bonchev–Trinajstić information content (AvgIpc) is 3.24. The van der Waals surface area contributed by atoms with Crippen LogP contribution in [0.15, 0.2) is 59.9 Å². The van der Waals surface area contributed by atoms with E-state index in [-0.39, 0.29) is 0 Å². The summed E-state index contributed by atoms with van der Waals surface area (Å²) >= 11 is 0. The molecule has 2 aliphatic carbocycles. The highest BCUT2D eigenvalue weighted by atomic mass is 15.4. The molecule has 0 amide bonds. The van der Waals surface area contributed by atoms with E-state index in [2.05, 4.69) is 21.7 Å². The van der Waals surface area contributed by atoms with E-state index in [0.717, 1.165) is 27.5 Å². The molecule has 0 aliphatic heterocycles. The molecule has 18 heteroatoms. The molecule has 32 N–H and O–H groups in total. The molecule has 0 atom stereocenters. The fraction of sp³-hybridized carbons (Fsp3) is 0.0455. The van der Waals surface area contributed by atoms with E-state index in [1.807, 2.05) is 12.2 Å². The van der Waals surface area contributed by atoms with Crippen LogP contribution in [-0.2, 0) is 12.8 Å². The summed E-state index contributed by atoms with van der Waals surface area (Å²) in [6.07, 6.45) is 4.59.